The van der Waals surface area contributed by atoms with Crippen molar-refractivity contribution in [3.8, 4) is 0 Å². The van der Waals surface area contributed by atoms with Gasteiger partial charge < -0.3 is 15.1 Å². The van der Waals surface area contributed by atoms with E-state index in [4.69, 9.17) is 4.42 Å². The third-order valence-corrected chi connectivity index (χ3v) is 2.98. The lowest BCUT2D eigenvalue weighted by Gasteiger charge is -2.09. The highest BCUT2D eigenvalue weighted by atomic mass is 16.3. The van der Waals surface area contributed by atoms with Gasteiger partial charge in [0, 0.05) is 18.2 Å². The van der Waals surface area contributed by atoms with Crippen LogP contribution in [0, 0.1) is 6.92 Å². The third-order valence-electron chi connectivity index (χ3n) is 2.98. The Labute approximate surface area is 134 Å². The number of benzene rings is 1. The molecule has 1 aromatic carbocycles. The van der Waals surface area contributed by atoms with Gasteiger partial charge in [0.25, 0.3) is 11.8 Å². The number of hydrogen-bond acceptors (Lipinski definition) is 3. The summed E-state index contributed by atoms with van der Waals surface area (Å²) >= 11 is 0. The molecule has 0 fully saturated rings. The van der Waals surface area contributed by atoms with Crippen molar-refractivity contribution < 1.29 is 14.0 Å². The fourth-order valence-electron chi connectivity index (χ4n) is 1.88. The van der Waals surface area contributed by atoms with E-state index in [1.54, 1.807) is 49.4 Å². The van der Waals surface area contributed by atoms with E-state index in [9.17, 15) is 9.59 Å². The molecule has 0 saturated heterocycles. The number of aryl methyl sites for hydroxylation is 1. The van der Waals surface area contributed by atoms with Gasteiger partial charge in [-0.1, -0.05) is 24.3 Å². The third kappa shape index (κ3) is 4.71. The molecule has 0 bridgehead atoms. The van der Waals surface area contributed by atoms with Crippen LogP contribution in [0.15, 0.2) is 65.2 Å². The maximum Gasteiger partial charge on any atom is 0.268 e. The Balaban J connectivity index is 2.22. The van der Waals surface area contributed by atoms with Gasteiger partial charge in [0.2, 0.25) is 0 Å². The average molecular weight is 310 g/mol. The molecule has 0 unspecified atom stereocenters. The SMILES string of the molecule is C=CCNC(=O)/C(=C\c1ccc(C)o1)NC(=O)c1ccccc1. The highest BCUT2D eigenvalue weighted by molar-refractivity contribution is 6.05. The van der Waals surface area contributed by atoms with Crippen LogP contribution in [-0.2, 0) is 4.79 Å². The molecule has 0 saturated carbocycles. The van der Waals surface area contributed by atoms with Crippen LogP contribution < -0.4 is 10.6 Å². The number of amides is 2. The van der Waals surface area contributed by atoms with Crippen LogP contribution in [0.4, 0.5) is 0 Å². The van der Waals surface area contributed by atoms with Crippen LogP contribution in [0.25, 0.3) is 6.08 Å². The average Bonchev–Trinajstić information content (AvgIpc) is 2.97. The Kier molecular flexibility index (Phi) is 5.52. The number of hydrogen-bond donors (Lipinski definition) is 2. The normalized spacial score (nSPS) is 10.9. The molecule has 5 nitrogen and oxygen atoms in total. The molecule has 0 aliphatic rings. The predicted octanol–water partition coefficient (Wildman–Crippen LogP) is 2.66. The molecule has 0 aliphatic heterocycles. The van der Waals surface area contributed by atoms with E-state index in [-0.39, 0.29) is 11.6 Å². The van der Waals surface area contributed by atoms with Gasteiger partial charge in [-0.15, -0.1) is 6.58 Å². The van der Waals surface area contributed by atoms with E-state index in [1.807, 2.05) is 6.07 Å². The lowest BCUT2D eigenvalue weighted by Crippen LogP contribution is -2.34. The summed E-state index contributed by atoms with van der Waals surface area (Å²) in [6.07, 6.45) is 3.05. The van der Waals surface area contributed by atoms with Gasteiger partial charge in [-0.2, -0.15) is 0 Å². The van der Waals surface area contributed by atoms with E-state index in [0.29, 0.717) is 17.9 Å². The van der Waals surface area contributed by atoms with Crippen molar-refractivity contribution in [1.82, 2.24) is 10.6 Å². The minimum Gasteiger partial charge on any atom is -0.462 e. The van der Waals surface area contributed by atoms with Crippen LogP contribution in [0.1, 0.15) is 21.9 Å². The van der Waals surface area contributed by atoms with Gasteiger partial charge in [0.05, 0.1) is 0 Å². The summed E-state index contributed by atoms with van der Waals surface area (Å²) in [6.45, 7) is 5.65. The minimum absolute atomic E-state index is 0.107. The molecular weight excluding hydrogens is 292 g/mol. The smallest absolute Gasteiger partial charge is 0.268 e. The van der Waals surface area contributed by atoms with Crippen molar-refractivity contribution >= 4 is 17.9 Å². The van der Waals surface area contributed by atoms with Gasteiger partial charge in [-0.25, -0.2) is 0 Å². The molecule has 2 aromatic rings. The standard InChI is InChI=1S/C18H18N2O3/c1-3-11-19-18(22)16(12-15-10-9-13(2)23-15)20-17(21)14-7-5-4-6-8-14/h3-10,12H,1,11H2,2H3,(H,19,22)(H,20,21)/b16-12+. The van der Waals surface area contributed by atoms with Crippen molar-refractivity contribution in [2.24, 2.45) is 0 Å². The summed E-state index contributed by atoms with van der Waals surface area (Å²) in [5.74, 6) is 0.424. The second-order valence-electron chi connectivity index (χ2n) is 4.83. The summed E-state index contributed by atoms with van der Waals surface area (Å²) in [5, 5.41) is 5.25. The molecule has 0 spiro atoms. The molecule has 1 aromatic heterocycles. The van der Waals surface area contributed by atoms with Crippen molar-refractivity contribution in [3.63, 3.8) is 0 Å². The summed E-state index contributed by atoms with van der Waals surface area (Å²) in [7, 11) is 0. The molecule has 2 N–H and O–H groups in total. The second kappa shape index (κ2) is 7.79. The van der Waals surface area contributed by atoms with Crippen molar-refractivity contribution in [1.29, 1.82) is 0 Å². The predicted molar refractivity (Wildman–Crippen MR) is 88.5 cm³/mol. The first-order valence-electron chi connectivity index (χ1n) is 7.14. The number of rotatable bonds is 6. The molecule has 0 radical (unpaired) electrons. The van der Waals surface area contributed by atoms with E-state index < -0.39 is 5.91 Å². The molecule has 0 atom stereocenters. The summed E-state index contributed by atoms with van der Waals surface area (Å²) in [5.41, 5.74) is 0.570. The summed E-state index contributed by atoms with van der Waals surface area (Å²) < 4.78 is 5.43. The zero-order chi connectivity index (χ0) is 16.7. The molecule has 2 rings (SSSR count). The zero-order valence-electron chi connectivity index (χ0n) is 12.8. The van der Waals surface area contributed by atoms with Crippen molar-refractivity contribution in [2.75, 3.05) is 6.54 Å². The Morgan fingerprint density at radius 1 is 1.17 bits per heavy atom. The Bertz CT molecular complexity index is 730. The minimum atomic E-state index is -0.414. The Morgan fingerprint density at radius 3 is 2.52 bits per heavy atom. The molecular formula is C18H18N2O3. The highest BCUT2D eigenvalue weighted by Gasteiger charge is 2.14. The van der Waals surface area contributed by atoms with Crippen molar-refractivity contribution in [3.05, 3.63) is 77.9 Å². The fraction of sp³-hybridized carbons (Fsp3) is 0.111. The first kappa shape index (κ1) is 16.3. The first-order valence-corrected chi connectivity index (χ1v) is 7.14. The van der Waals surface area contributed by atoms with Gasteiger partial charge in [-0.3, -0.25) is 9.59 Å². The van der Waals surface area contributed by atoms with Crippen LogP contribution in [0.5, 0.6) is 0 Å². The highest BCUT2D eigenvalue weighted by Crippen LogP contribution is 2.11. The van der Waals surface area contributed by atoms with E-state index >= 15 is 0 Å². The van der Waals surface area contributed by atoms with Gasteiger partial charge in [-0.05, 0) is 31.2 Å². The second-order valence-corrected chi connectivity index (χ2v) is 4.83. The van der Waals surface area contributed by atoms with Gasteiger partial charge in [0.1, 0.15) is 17.2 Å². The number of carbonyl (C=O) groups excluding carboxylic acids is 2. The summed E-state index contributed by atoms with van der Waals surface area (Å²) in [4.78, 5) is 24.4. The molecule has 0 aliphatic carbocycles. The largest absolute Gasteiger partial charge is 0.462 e. The number of nitrogens with one attached hydrogen (secondary N) is 2. The molecule has 1 heterocycles. The monoisotopic (exact) mass is 310 g/mol. The Hall–Kier alpha value is -3.08. The van der Waals surface area contributed by atoms with E-state index in [0.717, 1.165) is 5.76 Å². The maximum absolute atomic E-state index is 12.2. The summed E-state index contributed by atoms with van der Waals surface area (Å²) in [6, 6.07) is 12.2. The Morgan fingerprint density at radius 2 is 1.91 bits per heavy atom. The molecule has 5 heteroatoms. The van der Waals surface area contributed by atoms with Gasteiger partial charge >= 0.3 is 0 Å². The van der Waals surface area contributed by atoms with Crippen LogP contribution in [0.2, 0.25) is 0 Å². The molecule has 2 amide bonds. The topological polar surface area (TPSA) is 71.3 Å². The van der Waals surface area contributed by atoms with Crippen molar-refractivity contribution in [2.45, 2.75) is 6.92 Å². The molecule has 23 heavy (non-hydrogen) atoms. The van der Waals surface area contributed by atoms with Gasteiger partial charge in [0.15, 0.2) is 0 Å². The van der Waals surface area contributed by atoms with E-state index in [2.05, 4.69) is 17.2 Å². The van der Waals surface area contributed by atoms with Crippen LogP contribution in [0.3, 0.4) is 0 Å². The number of carbonyl (C=O) groups is 2. The fourth-order valence-corrected chi connectivity index (χ4v) is 1.88. The lowest BCUT2D eigenvalue weighted by atomic mass is 10.2. The van der Waals surface area contributed by atoms with Crippen LogP contribution in [-0.4, -0.2) is 18.4 Å². The first-order chi connectivity index (χ1) is 11.1. The molecule has 118 valence electrons. The van der Waals surface area contributed by atoms with E-state index in [1.165, 1.54) is 6.08 Å². The van der Waals surface area contributed by atoms with Crippen LogP contribution >= 0.6 is 0 Å². The lowest BCUT2D eigenvalue weighted by molar-refractivity contribution is -0.117. The maximum atomic E-state index is 12.2. The zero-order valence-corrected chi connectivity index (χ0v) is 12.8. The number of furan rings is 1. The quantitative estimate of drug-likeness (QED) is 0.636.